The second-order valence-corrected chi connectivity index (χ2v) is 6.56. The van der Waals surface area contributed by atoms with Crippen LogP contribution in [0.4, 0.5) is 4.79 Å². The van der Waals surface area contributed by atoms with Crippen LogP contribution in [0.5, 0.6) is 11.5 Å². The summed E-state index contributed by atoms with van der Waals surface area (Å²) in [6.07, 6.45) is 1.59. The van der Waals surface area contributed by atoms with E-state index in [-0.39, 0.29) is 12.5 Å². The van der Waals surface area contributed by atoms with Gasteiger partial charge < -0.3 is 19.1 Å². The Bertz CT molecular complexity index is 758. The van der Waals surface area contributed by atoms with Gasteiger partial charge >= 0.3 is 0 Å². The van der Waals surface area contributed by atoms with Crippen molar-refractivity contribution in [2.24, 2.45) is 0 Å². The van der Waals surface area contributed by atoms with Crippen LogP contribution in [-0.2, 0) is 14.3 Å². The average Bonchev–Trinajstić information content (AvgIpc) is 2.97. The molecule has 0 radical (unpaired) electrons. The summed E-state index contributed by atoms with van der Waals surface area (Å²) >= 11 is 0.845. The van der Waals surface area contributed by atoms with Gasteiger partial charge in [-0.05, 0) is 35.5 Å². The lowest BCUT2D eigenvalue weighted by molar-refractivity contribution is -0.137. The third kappa shape index (κ3) is 4.36. The monoisotopic (exact) mass is 378 g/mol. The Balaban J connectivity index is 1.67. The lowest BCUT2D eigenvalue weighted by atomic mass is 10.2. The van der Waals surface area contributed by atoms with Crippen molar-refractivity contribution in [3.8, 4) is 11.5 Å². The summed E-state index contributed by atoms with van der Waals surface area (Å²) in [5.41, 5.74) is 0.682. The lowest BCUT2D eigenvalue weighted by Gasteiger charge is -2.26. The number of imide groups is 1. The number of morpholine rings is 1. The Labute approximate surface area is 154 Å². The summed E-state index contributed by atoms with van der Waals surface area (Å²) in [7, 11) is 1.49. The van der Waals surface area contributed by atoms with Crippen LogP contribution in [0.3, 0.4) is 0 Å². The molecule has 0 atom stereocenters. The van der Waals surface area contributed by atoms with Crippen LogP contribution in [0.25, 0.3) is 6.08 Å². The van der Waals surface area contributed by atoms with Crippen LogP contribution in [0, 0.1) is 0 Å². The van der Waals surface area contributed by atoms with Gasteiger partial charge in [0.1, 0.15) is 0 Å². The summed E-state index contributed by atoms with van der Waals surface area (Å²) in [4.78, 5) is 37.0. The molecule has 3 amide bonds. The molecular formula is C17H18N2O6S. The van der Waals surface area contributed by atoms with E-state index in [2.05, 4.69) is 5.32 Å². The smallest absolute Gasteiger partial charge is 0.290 e. The molecule has 8 nitrogen and oxygen atoms in total. The predicted molar refractivity (Wildman–Crippen MR) is 95.0 cm³/mol. The molecule has 138 valence electrons. The van der Waals surface area contributed by atoms with Gasteiger partial charge in [0.2, 0.25) is 0 Å². The van der Waals surface area contributed by atoms with Gasteiger partial charge in [0, 0.05) is 13.1 Å². The van der Waals surface area contributed by atoms with Gasteiger partial charge in [-0.25, -0.2) is 0 Å². The van der Waals surface area contributed by atoms with Crippen molar-refractivity contribution in [2.45, 2.75) is 0 Å². The number of methoxy groups -OCH3 is 1. The first-order valence-electron chi connectivity index (χ1n) is 7.98. The highest BCUT2D eigenvalue weighted by molar-refractivity contribution is 8.18. The van der Waals surface area contributed by atoms with E-state index in [9.17, 15) is 14.4 Å². The molecule has 0 spiro atoms. The topological polar surface area (TPSA) is 94.2 Å². The number of amides is 3. The minimum Gasteiger partial charge on any atom is -0.493 e. The Morgan fingerprint density at radius 2 is 2.08 bits per heavy atom. The van der Waals surface area contributed by atoms with Gasteiger partial charge in [-0.2, -0.15) is 0 Å². The summed E-state index contributed by atoms with van der Waals surface area (Å²) in [5, 5.41) is 1.81. The standard InChI is InChI=1S/C17H18N2O6S/c1-23-13-8-11(9-14-16(21)18-17(22)26-14)2-3-12(13)25-10-15(20)19-4-6-24-7-5-19/h2-3,8-9H,4-7,10H2,1H3,(H,18,21,22)/b14-9+. The maximum Gasteiger partial charge on any atom is 0.290 e. The highest BCUT2D eigenvalue weighted by Gasteiger charge is 2.25. The minimum atomic E-state index is -0.421. The molecule has 2 heterocycles. The van der Waals surface area contributed by atoms with Crippen molar-refractivity contribution in [1.29, 1.82) is 0 Å². The van der Waals surface area contributed by atoms with Crippen LogP contribution in [0.15, 0.2) is 23.1 Å². The first kappa shape index (κ1) is 18.3. The van der Waals surface area contributed by atoms with Gasteiger partial charge in [0.05, 0.1) is 25.2 Å². The molecule has 2 saturated heterocycles. The number of nitrogens with one attached hydrogen (secondary N) is 1. The van der Waals surface area contributed by atoms with Crippen LogP contribution in [0.1, 0.15) is 5.56 Å². The van der Waals surface area contributed by atoms with Crippen molar-refractivity contribution in [1.82, 2.24) is 10.2 Å². The third-order valence-electron chi connectivity index (χ3n) is 3.84. The predicted octanol–water partition coefficient (Wildman–Crippen LogP) is 1.26. The fraction of sp³-hybridized carbons (Fsp3) is 0.353. The highest BCUT2D eigenvalue weighted by atomic mass is 32.2. The minimum absolute atomic E-state index is 0.0937. The van der Waals surface area contributed by atoms with E-state index in [4.69, 9.17) is 14.2 Å². The van der Waals surface area contributed by atoms with E-state index in [1.165, 1.54) is 7.11 Å². The number of ether oxygens (including phenoxy) is 3. The Morgan fingerprint density at radius 1 is 1.31 bits per heavy atom. The van der Waals surface area contributed by atoms with Crippen LogP contribution in [0.2, 0.25) is 0 Å². The Morgan fingerprint density at radius 3 is 2.73 bits per heavy atom. The fourth-order valence-electron chi connectivity index (χ4n) is 2.51. The molecule has 0 unspecified atom stereocenters. The summed E-state index contributed by atoms with van der Waals surface area (Å²) < 4.78 is 16.1. The summed E-state index contributed by atoms with van der Waals surface area (Å²) in [5.74, 6) is 0.328. The normalized spacial score (nSPS) is 18.8. The summed E-state index contributed by atoms with van der Waals surface area (Å²) in [6, 6.07) is 5.07. The zero-order valence-electron chi connectivity index (χ0n) is 14.1. The van der Waals surface area contributed by atoms with Crippen molar-refractivity contribution in [2.75, 3.05) is 40.0 Å². The van der Waals surface area contributed by atoms with Crippen molar-refractivity contribution >= 4 is 34.9 Å². The number of hydrogen-bond donors (Lipinski definition) is 1. The maximum absolute atomic E-state index is 12.2. The fourth-order valence-corrected chi connectivity index (χ4v) is 3.19. The SMILES string of the molecule is COc1cc(/C=C2/SC(=O)NC2=O)ccc1OCC(=O)N1CCOCC1. The zero-order chi connectivity index (χ0) is 18.5. The first-order chi connectivity index (χ1) is 12.6. The maximum atomic E-state index is 12.2. The van der Waals surface area contributed by atoms with Crippen molar-refractivity contribution < 1.29 is 28.6 Å². The molecule has 2 aliphatic heterocycles. The largest absolute Gasteiger partial charge is 0.493 e. The molecule has 0 aliphatic carbocycles. The summed E-state index contributed by atoms with van der Waals surface area (Å²) in [6.45, 7) is 2.09. The number of rotatable bonds is 5. The van der Waals surface area contributed by atoms with Gasteiger partial charge in [0.15, 0.2) is 18.1 Å². The van der Waals surface area contributed by atoms with Crippen LogP contribution in [-0.4, -0.2) is 62.0 Å². The van der Waals surface area contributed by atoms with E-state index in [0.717, 1.165) is 11.8 Å². The van der Waals surface area contributed by atoms with E-state index >= 15 is 0 Å². The van der Waals surface area contributed by atoms with E-state index in [1.807, 2.05) is 0 Å². The molecule has 0 saturated carbocycles. The van der Waals surface area contributed by atoms with Gasteiger partial charge in [-0.3, -0.25) is 19.7 Å². The number of thioether (sulfide) groups is 1. The average molecular weight is 378 g/mol. The van der Waals surface area contributed by atoms with Gasteiger partial charge in [0.25, 0.3) is 17.1 Å². The third-order valence-corrected chi connectivity index (χ3v) is 4.65. The molecule has 3 rings (SSSR count). The number of carbonyl (C=O) groups is 3. The Hall–Kier alpha value is -2.52. The molecule has 1 N–H and O–H groups in total. The molecular weight excluding hydrogens is 360 g/mol. The Kier molecular flexibility index (Phi) is 5.79. The van der Waals surface area contributed by atoms with E-state index in [1.54, 1.807) is 29.2 Å². The second kappa shape index (κ2) is 8.24. The van der Waals surface area contributed by atoms with Gasteiger partial charge in [-0.15, -0.1) is 0 Å². The lowest BCUT2D eigenvalue weighted by Crippen LogP contribution is -2.43. The molecule has 2 fully saturated rings. The van der Waals surface area contributed by atoms with Crippen molar-refractivity contribution in [3.63, 3.8) is 0 Å². The van der Waals surface area contributed by atoms with Gasteiger partial charge in [-0.1, -0.05) is 6.07 Å². The van der Waals surface area contributed by atoms with E-state index < -0.39 is 11.1 Å². The zero-order valence-corrected chi connectivity index (χ0v) is 15.0. The van der Waals surface area contributed by atoms with E-state index in [0.29, 0.717) is 48.3 Å². The number of carbonyl (C=O) groups excluding carboxylic acids is 3. The van der Waals surface area contributed by atoms with Crippen molar-refractivity contribution in [3.05, 3.63) is 28.7 Å². The number of hydrogen-bond acceptors (Lipinski definition) is 7. The molecule has 26 heavy (non-hydrogen) atoms. The van der Waals surface area contributed by atoms with Crippen LogP contribution >= 0.6 is 11.8 Å². The molecule has 9 heteroatoms. The first-order valence-corrected chi connectivity index (χ1v) is 8.79. The highest BCUT2D eigenvalue weighted by Crippen LogP contribution is 2.31. The quantitative estimate of drug-likeness (QED) is 0.771. The second-order valence-electron chi connectivity index (χ2n) is 5.54. The molecule has 1 aromatic carbocycles. The molecule has 0 aromatic heterocycles. The molecule has 0 bridgehead atoms. The molecule has 2 aliphatic rings. The molecule has 1 aromatic rings. The number of nitrogens with zero attached hydrogens (tertiary/aromatic N) is 1. The number of benzene rings is 1. The van der Waals surface area contributed by atoms with Crippen LogP contribution < -0.4 is 14.8 Å².